The average Bonchev–Trinajstić information content (AvgIpc) is 2.46. The maximum atomic E-state index is 12.5. The second-order valence-corrected chi connectivity index (χ2v) is 4.01. The highest BCUT2D eigenvalue weighted by Gasteiger charge is 2.30. The summed E-state index contributed by atoms with van der Waals surface area (Å²) in [5.74, 6) is -1.44. The lowest BCUT2D eigenvalue weighted by Crippen LogP contribution is -2.28. The fraction of sp³-hybridized carbons (Fsp3) is 0.385. The topological polar surface area (TPSA) is 68.1 Å². The van der Waals surface area contributed by atoms with Crippen LogP contribution in [0.1, 0.15) is 18.9 Å². The van der Waals surface area contributed by atoms with E-state index in [1.807, 2.05) is 0 Å². The summed E-state index contributed by atoms with van der Waals surface area (Å²) < 4.78 is 42.0. The molecule has 0 heterocycles. The molecular formula is C13H13F3N2O3. The lowest BCUT2D eigenvalue weighted by molar-refractivity contribution is -0.145. The summed E-state index contributed by atoms with van der Waals surface area (Å²) in [4.78, 5) is 22.9. The molecule has 1 unspecified atom stereocenters. The zero-order valence-corrected chi connectivity index (χ0v) is 11.3. The first kappa shape index (κ1) is 16.8. The molecule has 0 aromatic heterocycles. The van der Waals surface area contributed by atoms with E-state index in [4.69, 9.17) is 0 Å². The van der Waals surface area contributed by atoms with Crippen LogP contribution in [0, 0.1) is 0 Å². The average molecular weight is 302 g/mol. The minimum Gasteiger partial charge on any atom is -0.467 e. The summed E-state index contributed by atoms with van der Waals surface area (Å²) in [5.41, 5.74) is -1.00. The second kappa shape index (κ2) is 6.96. The predicted octanol–water partition coefficient (Wildman–Crippen LogP) is 3.31. The molecule has 0 aliphatic rings. The van der Waals surface area contributed by atoms with Crippen LogP contribution in [0.5, 0.6) is 0 Å². The Hall–Kier alpha value is -2.25. The Balaban J connectivity index is 3.02. The summed E-state index contributed by atoms with van der Waals surface area (Å²) in [7, 11) is 1.08. The number of ketones is 1. The van der Waals surface area contributed by atoms with Gasteiger partial charge in [0.25, 0.3) is 0 Å². The molecule has 1 atom stereocenters. The van der Waals surface area contributed by atoms with Crippen LogP contribution in [0.2, 0.25) is 0 Å². The monoisotopic (exact) mass is 302 g/mol. The third kappa shape index (κ3) is 4.66. The molecule has 0 saturated carbocycles. The first-order valence-corrected chi connectivity index (χ1v) is 5.98. The van der Waals surface area contributed by atoms with Gasteiger partial charge in [0.2, 0.25) is 6.04 Å². The Kier molecular flexibility index (Phi) is 5.57. The predicted molar refractivity (Wildman–Crippen MR) is 67.1 cm³/mol. The molecule has 0 saturated heterocycles. The van der Waals surface area contributed by atoms with Crippen LogP contribution >= 0.6 is 0 Å². The number of carbonyl (C=O) groups is 2. The lowest BCUT2D eigenvalue weighted by atomic mass is 10.1. The number of benzene rings is 1. The van der Waals surface area contributed by atoms with E-state index in [1.165, 1.54) is 13.0 Å². The number of methoxy groups -OCH3 is 1. The molecule has 0 amide bonds. The van der Waals surface area contributed by atoms with Gasteiger partial charge in [-0.05, 0) is 18.2 Å². The van der Waals surface area contributed by atoms with E-state index >= 15 is 0 Å². The van der Waals surface area contributed by atoms with Gasteiger partial charge in [0.1, 0.15) is 0 Å². The first-order chi connectivity index (χ1) is 9.79. The Morgan fingerprint density at radius 1 is 1.33 bits per heavy atom. The number of nitrogens with zero attached hydrogens (tertiary/aromatic N) is 2. The van der Waals surface area contributed by atoms with Gasteiger partial charge in [0, 0.05) is 6.42 Å². The molecule has 0 spiro atoms. The number of rotatable bonds is 5. The summed E-state index contributed by atoms with van der Waals surface area (Å²) >= 11 is 0. The standard InChI is InChI=1S/C13H13F3N2O3/c1-3-10(19)11(12(20)21-2)18-17-9-6-4-5-8(7-9)13(14,15)16/h4-7,11H,3H2,1-2H3. The molecule has 0 bridgehead atoms. The van der Waals surface area contributed by atoms with Crippen molar-refractivity contribution in [3.8, 4) is 0 Å². The highest BCUT2D eigenvalue weighted by Crippen LogP contribution is 2.31. The molecule has 1 aromatic carbocycles. The number of hydrogen-bond acceptors (Lipinski definition) is 5. The molecule has 1 aromatic rings. The van der Waals surface area contributed by atoms with Crippen molar-refractivity contribution in [2.45, 2.75) is 25.6 Å². The normalized spacial score (nSPS) is 13.2. The quantitative estimate of drug-likeness (QED) is 0.476. The number of alkyl halides is 3. The Morgan fingerprint density at radius 3 is 2.52 bits per heavy atom. The van der Waals surface area contributed by atoms with Crippen LogP contribution in [0.15, 0.2) is 34.5 Å². The molecule has 21 heavy (non-hydrogen) atoms. The van der Waals surface area contributed by atoms with E-state index < -0.39 is 29.5 Å². The summed E-state index contributed by atoms with van der Waals surface area (Å²) in [6.45, 7) is 1.53. The van der Waals surface area contributed by atoms with Gasteiger partial charge in [-0.15, -0.1) is 0 Å². The zero-order chi connectivity index (χ0) is 16.0. The van der Waals surface area contributed by atoms with Crippen molar-refractivity contribution >= 4 is 17.4 Å². The van der Waals surface area contributed by atoms with Gasteiger partial charge >= 0.3 is 12.1 Å². The van der Waals surface area contributed by atoms with Gasteiger partial charge in [0.15, 0.2) is 5.78 Å². The Bertz CT molecular complexity index is 540. The molecule has 5 nitrogen and oxygen atoms in total. The number of carbonyl (C=O) groups excluding carboxylic acids is 2. The number of halogens is 3. The van der Waals surface area contributed by atoms with Crippen LogP contribution in [0.4, 0.5) is 18.9 Å². The molecule has 8 heteroatoms. The van der Waals surface area contributed by atoms with Crippen LogP contribution in [-0.2, 0) is 20.5 Å². The van der Waals surface area contributed by atoms with Crippen molar-refractivity contribution in [2.75, 3.05) is 7.11 Å². The van der Waals surface area contributed by atoms with E-state index in [1.54, 1.807) is 0 Å². The molecule has 0 aliphatic carbocycles. The molecule has 0 aliphatic heterocycles. The van der Waals surface area contributed by atoms with E-state index in [0.29, 0.717) is 0 Å². The second-order valence-electron chi connectivity index (χ2n) is 4.01. The minimum absolute atomic E-state index is 0.0291. The molecule has 0 radical (unpaired) electrons. The van der Waals surface area contributed by atoms with Crippen LogP contribution in [0.3, 0.4) is 0 Å². The molecular weight excluding hydrogens is 289 g/mol. The minimum atomic E-state index is -4.51. The van der Waals surface area contributed by atoms with E-state index in [0.717, 1.165) is 25.3 Å². The van der Waals surface area contributed by atoms with Crippen molar-refractivity contribution < 1.29 is 27.5 Å². The Labute approximate surface area is 118 Å². The summed E-state index contributed by atoms with van der Waals surface area (Å²) in [5, 5.41) is 7.01. The summed E-state index contributed by atoms with van der Waals surface area (Å²) in [6.07, 6.45) is -4.48. The van der Waals surface area contributed by atoms with Gasteiger partial charge in [-0.25, -0.2) is 4.79 Å². The van der Waals surface area contributed by atoms with Crippen molar-refractivity contribution in [1.29, 1.82) is 0 Å². The Morgan fingerprint density at radius 2 is 2.00 bits per heavy atom. The van der Waals surface area contributed by atoms with Gasteiger partial charge in [-0.1, -0.05) is 13.0 Å². The van der Waals surface area contributed by atoms with Gasteiger partial charge in [-0.3, -0.25) is 4.79 Å². The molecule has 0 fully saturated rings. The third-order valence-corrected chi connectivity index (χ3v) is 2.54. The number of ether oxygens (including phenoxy) is 1. The number of azo groups is 1. The highest BCUT2D eigenvalue weighted by molar-refractivity contribution is 6.03. The number of Topliss-reactive ketones (excluding diaryl/α,β-unsaturated/α-hetero) is 1. The van der Waals surface area contributed by atoms with Gasteiger partial charge in [-0.2, -0.15) is 23.4 Å². The van der Waals surface area contributed by atoms with Crippen molar-refractivity contribution in [3.63, 3.8) is 0 Å². The van der Waals surface area contributed by atoms with Crippen molar-refractivity contribution in [1.82, 2.24) is 0 Å². The molecule has 1 rings (SSSR count). The number of esters is 1. The SMILES string of the molecule is CCC(=O)C(N=Nc1cccc(C(F)(F)F)c1)C(=O)OC. The van der Waals surface area contributed by atoms with E-state index in [-0.39, 0.29) is 12.1 Å². The van der Waals surface area contributed by atoms with Crippen molar-refractivity contribution in [2.24, 2.45) is 10.2 Å². The number of hydrogen-bond donors (Lipinski definition) is 0. The maximum Gasteiger partial charge on any atom is 0.416 e. The fourth-order valence-electron chi connectivity index (χ4n) is 1.42. The van der Waals surface area contributed by atoms with Crippen LogP contribution < -0.4 is 0 Å². The van der Waals surface area contributed by atoms with E-state index in [9.17, 15) is 22.8 Å². The van der Waals surface area contributed by atoms with Gasteiger partial charge < -0.3 is 4.74 Å². The van der Waals surface area contributed by atoms with Crippen LogP contribution in [-0.4, -0.2) is 24.9 Å². The zero-order valence-electron chi connectivity index (χ0n) is 11.3. The van der Waals surface area contributed by atoms with Crippen LogP contribution in [0.25, 0.3) is 0 Å². The largest absolute Gasteiger partial charge is 0.467 e. The fourth-order valence-corrected chi connectivity index (χ4v) is 1.42. The smallest absolute Gasteiger partial charge is 0.416 e. The maximum absolute atomic E-state index is 12.5. The third-order valence-electron chi connectivity index (χ3n) is 2.54. The molecule has 114 valence electrons. The van der Waals surface area contributed by atoms with Gasteiger partial charge in [0.05, 0.1) is 18.4 Å². The summed E-state index contributed by atoms with van der Waals surface area (Å²) in [6, 6.07) is 2.63. The first-order valence-electron chi connectivity index (χ1n) is 5.98. The molecule has 0 N–H and O–H groups in total. The van der Waals surface area contributed by atoms with Crippen molar-refractivity contribution in [3.05, 3.63) is 29.8 Å². The lowest BCUT2D eigenvalue weighted by Gasteiger charge is -2.07. The highest BCUT2D eigenvalue weighted by atomic mass is 19.4. The van der Waals surface area contributed by atoms with E-state index in [2.05, 4.69) is 15.0 Å².